The van der Waals surface area contributed by atoms with Crippen LogP contribution in [0.1, 0.15) is 19.4 Å². The maximum atomic E-state index is 12.2. The van der Waals surface area contributed by atoms with Crippen molar-refractivity contribution in [3.05, 3.63) is 42.5 Å². The highest BCUT2D eigenvalue weighted by Gasteiger charge is 2.20. The zero-order valence-corrected chi connectivity index (χ0v) is 17.2. The molecule has 0 aliphatic heterocycles. The Balaban J connectivity index is 2.89. The molecule has 29 heavy (non-hydrogen) atoms. The molecule has 0 bridgehead atoms. The van der Waals surface area contributed by atoms with E-state index in [1.807, 2.05) is 0 Å². The number of rotatable bonds is 10. The normalized spacial score (nSPS) is 11.4. The summed E-state index contributed by atoms with van der Waals surface area (Å²) in [5.41, 5.74) is 0.517. The lowest BCUT2D eigenvalue weighted by molar-refractivity contribution is -0.143. The van der Waals surface area contributed by atoms with E-state index in [9.17, 15) is 19.2 Å². The van der Waals surface area contributed by atoms with Crippen LogP contribution in [-0.2, 0) is 23.9 Å². The minimum Gasteiger partial charge on any atom is -0.467 e. The van der Waals surface area contributed by atoms with Crippen molar-refractivity contribution in [3.8, 4) is 11.5 Å². The van der Waals surface area contributed by atoms with Gasteiger partial charge in [0.15, 0.2) is 11.5 Å². The van der Waals surface area contributed by atoms with Crippen LogP contribution in [0.3, 0.4) is 0 Å². The van der Waals surface area contributed by atoms with E-state index in [1.165, 1.54) is 57.0 Å². The molecule has 0 saturated carbocycles. The molecule has 1 rings (SSSR count). The Kier molecular flexibility index (Phi) is 10.2. The highest BCUT2D eigenvalue weighted by atomic mass is 32.2. The lowest BCUT2D eigenvalue weighted by Gasteiger charge is -2.14. The summed E-state index contributed by atoms with van der Waals surface area (Å²) in [5, 5.41) is 2.57. The Morgan fingerprint density at radius 2 is 1.79 bits per heavy atom. The van der Waals surface area contributed by atoms with Crippen molar-refractivity contribution in [3.63, 3.8) is 0 Å². The van der Waals surface area contributed by atoms with Gasteiger partial charge in [0.2, 0.25) is 5.91 Å². The molecule has 0 heterocycles. The van der Waals surface area contributed by atoms with E-state index in [0.717, 1.165) is 0 Å². The van der Waals surface area contributed by atoms with Gasteiger partial charge in [-0.05, 0) is 23.8 Å². The Bertz CT molecular complexity index is 804. The predicted molar refractivity (Wildman–Crippen MR) is 110 cm³/mol. The highest BCUT2D eigenvalue weighted by molar-refractivity contribution is 7.99. The van der Waals surface area contributed by atoms with Crippen LogP contribution in [0.5, 0.6) is 11.5 Å². The molecule has 0 spiro atoms. The van der Waals surface area contributed by atoms with Gasteiger partial charge in [-0.2, -0.15) is 11.8 Å². The molecular weight excluding hydrogens is 398 g/mol. The average Bonchev–Trinajstić information content (AvgIpc) is 2.66. The van der Waals surface area contributed by atoms with Gasteiger partial charge in [0, 0.05) is 31.4 Å². The van der Waals surface area contributed by atoms with Crippen LogP contribution in [0.15, 0.2) is 36.9 Å². The zero-order chi connectivity index (χ0) is 21.8. The summed E-state index contributed by atoms with van der Waals surface area (Å²) in [4.78, 5) is 46.4. The molecule has 1 unspecified atom stereocenters. The third-order valence-electron chi connectivity index (χ3n) is 3.22. The summed E-state index contributed by atoms with van der Waals surface area (Å²) in [5.74, 6) is -1.11. The SMILES string of the molecule is C=CCSCC(NC(=O)/C=C/c1ccc(OC(C)=O)c(OC(C)=O)c1)C(=O)OC. The number of carbonyl (C=O) groups is 4. The quantitative estimate of drug-likeness (QED) is 0.201. The molecule has 1 N–H and O–H groups in total. The second kappa shape index (κ2) is 12.4. The number of ether oxygens (including phenoxy) is 3. The molecule has 0 saturated heterocycles. The van der Waals surface area contributed by atoms with E-state index in [1.54, 1.807) is 12.1 Å². The smallest absolute Gasteiger partial charge is 0.329 e. The molecule has 1 aromatic carbocycles. The lowest BCUT2D eigenvalue weighted by atomic mass is 10.2. The predicted octanol–water partition coefficient (Wildman–Crippen LogP) is 2.13. The third kappa shape index (κ3) is 9.11. The third-order valence-corrected chi connectivity index (χ3v) is 4.27. The molecule has 0 aliphatic rings. The van der Waals surface area contributed by atoms with Crippen molar-refractivity contribution in [1.29, 1.82) is 0 Å². The average molecular weight is 421 g/mol. The molecular formula is C20H23NO7S. The van der Waals surface area contributed by atoms with Crippen LogP contribution in [0.25, 0.3) is 6.08 Å². The summed E-state index contributed by atoms with van der Waals surface area (Å²) in [6.07, 6.45) is 4.39. The molecule has 1 aromatic rings. The van der Waals surface area contributed by atoms with Crippen LogP contribution in [0.2, 0.25) is 0 Å². The van der Waals surface area contributed by atoms with Crippen molar-refractivity contribution >= 4 is 41.7 Å². The first-order valence-electron chi connectivity index (χ1n) is 8.52. The van der Waals surface area contributed by atoms with Gasteiger partial charge in [-0.25, -0.2) is 4.79 Å². The van der Waals surface area contributed by atoms with Gasteiger partial charge in [0.1, 0.15) is 6.04 Å². The number of esters is 3. The largest absolute Gasteiger partial charge is 0.467 e. The van der Waals surface area contributed by atoms with Crippen LogP contribution in [-0.4, -0.2) is 48.5 Å². The summed E-state index contributed by atoms with van der Waals surface area (Å²) < 4.78 is 14.7. The fraction of sp³-hybridized carbons (Fsp3) is 0.300. The molecule has 0 aromatic heterocycles. The zero-order valence-electron chi connectivity index (χ0n) is 16.4. The van der Waals surface area contributed by atoms with Gasteiger partial charge in [0.25, 0.3) is 0 Å². The van der Waals surface area contributed by atoms with E-state index in [0.29, 0.717) is 17.1 Å². The number of nitrogens with one attached hydrogen (secondary N) is 1. The van der Waals surface area contributed by atoms with Crippen LogP contribution in [0.4, 0.5) is 0 Å². The first-order valence-corrected chi connectivity index (χ1v) is 9.68. The number of benzene rings is 1. The van der Waals surface area contributed by atoms with E-state index in [4.69, 9.17) is 14.2 Å². The first kappa shape index (κ1) is 24.0. The number of hydrogen-bond donors (Lipinski definition) is 1. The number of carbonyl (C=O) groups excluding carboxylic acids is 4. The van der Waals surface area contributed by atoms with E-state index < -0.39 is 29.9 Å². The van der Waals surface area contributed by atoms with Gasteiger partial charge in [-0.1, -0.05) is 12.1 Å². The summed E-state index contributed by atoms with van der Waals surface area (Å²) >= 11 is 1.43. The fourth-order valence-electron chi connectivity index (χ4n) is 2.07. The lowest BCUT2D eigenvalue weighted by Crippen LogP contribution is -2.42. The van der Waals surface area contributed by atoms with Crippen molar-refractivity contribution in [2.75, 3.05) is 18.6 Å². The Morgan fingerprint density at radius 3 is 2.38 bits per heavy atom. The number of thioether (sulfide) groups is 1. The van der Waals surface area contributed by atoms with Crippen molar-refractivity contribution < 1.29 is 33.4 Å². The maximum Gasteiger partial charge on any atom is 0.329 e. The molecule has 0 aliphatic carbocycles. The molecule has 156 valence electrons. The molecule has 0 radical (unpaired) electrons. The van der Waals surface area contributed by atoms with Gasteiger partial charge < -0.3 is 19.5 Å². The maximum absolute atomic E-state index is 12.2. The minimum absolute atomic E-state index is 0.0449. The first-order chi connectivity index (χ1) is 13.8. The Hall–Kier alpha value is -3.07. The van der Waals surface area contributed by atoms with Gasteiger partial charge in [0.05, 0.1) is 7.11 Å². The van der Waals surface area contributed by atoms with Gasteiger partial charge >= 0.3 is 17.9 Å². The summed E-state index contributed by atoms with van der Waals surface area (Å²) in [6.45, 7) is 6.04. The molecule has 8 nitrogen and oxygen atoms in total. The minimum atomic E-state index is -0.801. The molecule has 0 fully saturated rings. The second-order valence-electron chi connectivity index (χ2n) is 5.64. The fourth-order valence-corrected chi connectivity index (χ4v) is 2.83. The van der Waals surface area contributed by atoms with Crippen LogP contribution >= 0.6 is 11.8 Å². The van der Waals surface area contributed by atoms with Crippen LogP contribution < -0.4 is 14.8 Å². The van der Waals surface area contributed by atoms with E-state index in [-0.39, 0.29) is 11.5 Å². The Morgan fingerprint density at radius 1 is 1.14 bits per heavy atom. The molecule has 9 heteroatoms. The molecule has 1 amide bonds. The van der Waals surface area contributed by atoms with E-state index >= 15 is 0 Å². The highest BCUT2D eigenvalue weighted by Crippen LogP contribution is 2.29. The standard InChI is InChI=1S/C20H23NO7S/c1-5-10-29-12-16(20(25)26-4)21-19(24)9-7-15-6-8-17(27-13(2)22)18(11-15)28-14(3)23/h5-9,11,16H,1,10,12H2,2-4H3,(H,21,24)/b9-7+. The van der Waals surface area contributed by atoms with Gasteiger partial charge in [-0.15, -0.1) is 6.58 Å². The molecule has 1 atom stereocenters. The monoisotopic (exact) mass is 421 g/mol. The van der Waals surface area contributed by atoms with Crippen molar-refractivity contribution in [2.45, 2.75) is 19.9 Å². The van der Waals surface area contributed by atoms with E-state index in [2.05, 4.69) is 11.9 Å². The van der Waals surface area contributed by atoms with Crippen molar-refractivity contribution in [1.82, 2.24) is 5.32 Å². The summed E-state index contributed by atoms with van der Waals surface area (Å²) in [7, 11) is 1.25. The Labute approximate surface area is 173 Å². The topological polar surface area (TPSA) is 108 Å². The van der Waals surface area contributed by atoms with Crippen molar-refractivity contribution in [2.24, 2.45) is 0 Å². The number of hydrogen-bond acceptors (Lipinski definition) is 8. The van der Waals surface area contributed by atoms with Gasteiger partial charge in [-0.3, -0.25) is 14.4 Å². The number of amides is 1. The van der Waals surface area contributed by atoms with Crippen LogP contribution in [0, 0.1) is 0 Å². The summed E-state index contributed by atoms with van der Waals surface area (Å²) in [6, 6.07) is 3.67. The number of methoxy groups -OCH3 is 1. The second-order valence-corrected chi connectivity index (χ2v) is 6.71.